The third kappa shape index (κ3) is 3.85. The minimum absolute atomic E-state index is 0.0154. The minimum Gasteiger partial charge on any atom is -0.507 e. The van der Waals surface area contributed by atoms with Crippen LogP contribution < -0.4 is 4.74 Å². The highest BCUT2D eigenvalue weighted by atomic mass is 19.1. The Kier molecular flexibility index (Phi) is 5.73. The smallest absolute Gasteiger partial charge is 0.295 e. The summed E-state index contributed by atoms with van der Waals surface area (Å²) in [6, 6.07) is 16.9. The van der Waals surface area contributed by atoms with Crippen molar-refractivity contribution in [3.8, 4) is 5.75 Å². The van der Waals surface area contributed by atoms with Gasteiger partial charge in [0.2, 0.25) is 0 Å². The first kappa shape index (κ1) is 21.2. The molecule has 1 atom stereocenters. The van der Waals surface area contributed by atoms with Crippen LogP contribution in [0.5, 0.6) is 5.75 Å². The zero-order chi connectivity index (χ0) is 22.8. The number of amides is 1. The van der Waals surface area contributed by atoms with E-state index in [1.165, 1.54) is 42.3 Å². The maximum absolute atomic E-state index is 13.9. The lowest BCUT2D eigenvalue weighted by Gasteiger charge is -2.25. The maximum Gasteiger partial charge on any atom is 0.295 e. The monoisotopic (exact) mass is 435 g/mol. The minimum atomic E-state index is -0.922. The first-order valence-corrected chi connectivity index (χ1v) is 9.82. The van der Waals surface area contributed by atoms with Crippen molar-refractivity contribution in [2.24, 2.45) is 0 Å². The van der Waals surface area contributed by atoms with Crippen LogP contribution in [0.1, 0.15) is 22.7 Å². The quantitative estimate of drug-likeness (QED) is 0.362. The number of rotatable bonds is 5. The van der Waals surface area contributed by atoms with Gasteiger partial charge in [0.05, 0.1) is 24.3 Å². The van der Waals surface area contributed by atoms with E-state index in [2.05, 4.69) is 0 Å². The summed E-state index contributed by atoms with van der Waals surface area (Å²) in [6.45, 7) is 0.0154. The lowest BCUT2D eigenvalue weighted by atomic mass is 9.95. The van der Waals surface area contributed by atoms with Crippen LogP contribution in [0.15, 0.2) is 78.4 Å². The van der Waals surface area contributed by atoms with Gasteiger partial charge >= 0.3 is 0 Å². The van der Waals surface area contributed by atoms with Crippen molar-refractivity contribution < 1.29 is 28.2 Å². The first-order chi connectivity index (χ1) is 15.4. The van der Waals surface area contributed by atoms with Crippen molar-refractivity contribution in [2.45, 2.75) is 12.6 Å². The van der Waals surface area contributed by atoms with Crippen molar-refractivity contribution >= 4 is 17.4 Å². The summed E-state index contributed by atoms with van der Waals surface area (Å²) in [6.07, 6.45) is 0. The lowest BCUT2D eigenvalue weighted by molar-refractivity contribution is -0.140. The third-order valence-corrected chi connectivity index (χ3v) is 5.34. The zero-order valence-electron chi connectivity index (χ0n) is 17.1. The van der Waals surface area contributed by atoms with Crippen molar-refractivity contribution in [2.75, 3.05) is 7.11 Å². The zero-order valence-corrected chi connectivity index (χ0v) is 17.1. The number of aliphatic hydroxyl groups is 1. The van der Waals surface area contributed by atoms with Crippen LogP contribution in [0.25, 0.3) is 5.76 Å². The van der Waals surface area contributed by atoms with Crippen LogP contribution in [0, 0.1) is 11.6 Å². The molecule has 5 nitrogen and oxygen atoms in total. The number of carbonyl (C=O) groups excluding carboxylic acids is 2. The molecule has 0 aromatic heterocycles. The number of benzene rings is 3. The Bertz CT molecular complexity index is 1210. The van der Waals surface area contributed by atoms with E-state index >= 15 is 0 Å². The van der Waals surface area contributed by atoms with Gasteiger partial charge < -0.3 is 14.7 Å². The van der Waals surface area contributed by atoms with Gasteiger partial charge in [-0.25, -0.2) is 8.78 Å². The number of methoxy groups -OCH3 is 1. The molecule has 1 amide bonds. The fraction of sp³-hybridized carbons (Fsp3) is 0.120. The Morgan fingerprint density at radius 1 is 0.969 bits per heavy atom. The topological polar surface area (TPSA) is 66.8 Å². The van der Waals surface area contributed by atoms with Gasteiger partial charge in [0.1, 0.15) is 23.1 Å². The van der Waals surface area contributed by atoms with Crippen molar-refractivity contribution in [3.05, 3.63) is 107 Å². The normalized spacial score (nSPS) is 17.6. The SMILES string of the molecule is COc1ccc(F)cc1/C(O)=C1\C(=O)C(=O)N(Cc2ccc(F)cc2)C1c1ccccc1. The molecule has 1 heterocycles. The number of hydrogen-bond acceptors (Lipinski definition) is 4. The Balaban J connectivity index is 1.88. The van der Waals surface area contributed by atoms with Crippen LogP contribution in [0.2, 0.25) is 0 Å². The van der Waals surface area contributed by atoms with Crippen molar-refractivity contribution in [3.63, 3.8) is 0 Å². The molecule has 4 rings (SSSR count). The third-order valence-electron chi connectivity index (χ3n) is 5.34. The second-order valence-electron chi connectivity index (χ2n) is 7.31. The molecular weight excluding hydrogens is 416 g/mol. The Morgan fingerprint density at radius 3 is 2.28 bits per heavy atom. The summed E-state index contributed by atoms with van der Waals surface area (Å²) in [4.78, 5) is 27.3. The van der Waals surface area contributed by atoms with E-state index < -0.39 is 35.1 Å². The highest BCUT2D eigenvalue weighted by Crippen LogP contribution is 2.41. The molecule has 1 saturated heterocycles. The number of hydrogen-bond donors (Lipinski definition) is 1. The largest absolute Gasteiger partial charge is 0.507 e. The molecule has 1 aliphatic rings. The van der Waals surface area contributed by atoms with Crippen molar-refractivity contribution in [1.82, 2.24) is 4.90 Å². The average Bonchev–Trinajstić information content (AvgIpc) is 3.05. The molecule has 7 heteroatoms. The fourth-order valence-corrected chi connectivity index (χ4v) is 3.82. The Morgan fingerprint density at radius 2 is 1.62 bits per heavy atom. The van der Waals surface area contributed by atoms with Crippen LogP contribution in [-0.2, 0) is 16.1 Å². The summed E-state index contributed by atoms with van der Waals surface area (Å²) in [5, 5.41) is 11.1. The summed E-state index contributed by atoms with van der Waals surface area (Å²) in [5.41, 5.74) is 0.990. The second-order valence-corrected chi connectivity index (χ2v) is 7.31. The lowest BCUT2D eigenvalue weighted by Crippen LogP contribution is -2.29. The maximum atomic E-state index is 13.9. The number of likely N-dealkylation sites (tertiary alicyclic amines) is 1. The van der Waals surface area contributed by atoms with Gasteiger partial charge in [-0.05, 0) is 41.5 Å². The summed E-state index contributed by atoms with van der Waals surface area (Å²) < 4.78 is 32.5. The first-order valence-electron chi connectivity index (χ1n) is 9.82. The van der Waals surface area contributed by atoms with E-state index in [9.17, 15) is 23.5 Å². The number of ether oxygens (including phenoxy) is 1. The molecule has 0 saturated carbocycles. The number of Topliss-reactive ketones (excluding diaryl/α,β-unsaturated/α-hetero) is 1. The molecule has 32 heavy (non-hydrogen) atoms. The predicted octanol–water partition coefficient (Wildman–Crippen LogP) is 4.60. The number of carbonyl (C=O) groups is 2. The van der Waals surface area contributed by atoms with Gasteiger partial charge in [0.25, 0.3) is 11.7 Å². The summed E-state index contributed by atoms with van der Waals surface area (Å²) >= 11 is 0. The summed E-state index contributed by atoms with van der Waals surface area (Å²) in [7, 11) is 1.35. The molecule has 1 fully saturated rings. The van der Waals surface area contributed by atoms with E-state index in [0.29, 0.717) is 11.1 Å². The molecule has 162 valence electrons. The van der Waals surface area contributed by atoms with E-state index in [1.807, 2.05) is 0 Å². The van der Waals surface area contributed by atoms with E-state index in [4.69, 9.17) is 4.74 Å². The van der Waals surface area contributed by atoms with Gasteiger partial charge in [-0.15, -0.1) is 0 Å². The van der Waals surface area contributed by atoms with E-state index in [1.54, 1.807) is 30.3 Å². The van der Waals surface area contributed by atoms with Gasteiger partial charge in [0, 0.05) is 6.54 Å². The summed E-state index contributed by atoms with van der Waals surface area (Å²) in [5.74, 6) is -3.15. The molecule has 0 radical (unpaired) electrons. The Hall–Kier alpha value is -4.00. The standard InChI is InChI=1S/C25H19F2NO4/c1-32-20-12-11-18(27)13-19(20)23(29)21-22(16-5-3-2-4-6-16)28(25(31)24(21)30)14-15-7-9-17(26)10-8-15/h2-13,22,29H,14H2,1H3/b23-21+. The van der Waals surface area contributed by atoms with Crippen molar-refractivity contribution in [1.29, 1.82) is 0 Å². The van der Waals surface area contributed by atoms with E-state index in [0.717, 1.165) is 12.1 Å². The van der Waals surface area contributed by atoms with Gasteiger partial charge in [0.15, 0.2) is 0 Å². The average molecular weight is 435 g/mol. The molecule has 0 bridgehead atoms. The van der Waals surface area contributed by atoms with Gasteiger partial charge in [-0.2, -0.15) is 0 Å². The van der Waals surface area contributed by atoms with Crippen LogP contribution in [0.3, 0.4) is 0 Å². The molecule has 3 aromatic rings. The molecule has 0 spiro atoms. The number of aliphatic hydroxyl groups excluding tert-OH is 1. The fourth-order valence-electron chi connectivity index (χ4n) is 3.82. The molecule has 1 aliphatic heterocycles. The van der Waals surface area contributed by atoms with Crippen LogP contribution in [-0.4, -0.2) is 28.8 Å². The van der Waals surface area contributed by atoms with Gasteiger partial charge in [-0.1, -0.05) is 42.5 Å². The van der Waals surface area contributed by atoms with E-state index in [-0.39, 0.29) is 23.4 Å². The molecule has 1 unspecified atom stereocenters. The predicted molar refractivity (Wildman–Crippen MR) is 114 cm³/mol. The number of ketones is 1. The van der Waals surface area contributed by atoms with Crippen LogP contribution >= 0.6 is 0 Å². The molecular formula is C25H19F2NO4. The highest BCUT2D eigenvalue weighted by Gasteiger charge is 2.46. The number of halogens is 2. The van der Waals surface area contributed by atoms with Crippen LogP contribution in [0.4, 0.5) is 8.78 Å². The molecule has 0 aliphatic carbocycles. The van der Waals surface area contributed by atoms with Gasteiger partial charge in [-0.3, -0.25) is 9.59 Å². The molecule has 1 N–H and O–H groups in total. The Labute approximate surface area is 183 Å². The molecule has 3 aromatic carbocycles. The second kappa shape index (κ2) is 8.63. The number of nitrogens with zero attached hydrogens (tertiary/aromatic N) is 1. The highest BCUT2D eigenvalue weighted by molar-refractivity contribution is 6.46.